The molecule has 0 saturated heterocycles. The highest BCUT2D eigenvalue weighted by atomic mass is 79.9. The van der Waals surface area contributed by atoms with Crippen molar-refractivity contribution in [1.29, 1.82) is 0 Å². The lowest BCUT2D eigenvalue weighted by Gasteiger charge is -2.26. The molecule has 1 amide bonds. The number of carbonyl (C=O) groups is 2. The number of amides is 1. The van der Waals surface area contributed by atoms with Crippen molar-refractivity contribution in [2.45, 2.75) is 38.5 Å². The maximum Gasteiger partial charge on any atom is 0.303 e. The van der Waals surface area contributed by atoms with E-state index >= 15 is 0 Å². The van der Waals surface area contributed by atoms with Crippen LogP contribution in [0.15, 0.2) is 27.1 Å². The van der Waals surface area contributed by atoms with Crippen LogP contribution in [0.2, 0.25) is 0 Å². The lowest BCUT2D eigenvalue weighted by molar-refractivity contribution is -0.140. The van der Waals surface area contributed by atoms with E-state index in [2.05, 4.69) is 37.2 Å². The van der Waals surface area contributed by atoms with Crippen LogP contribution in [0.3, 0.4) is 0 Å². The first-order chi connectivity index (χ1) is 9.90. The first kappa shape index (κ1) is 16.5. The smallest absolute Gasteiger partial charge is 0.303 e. The molecule has 0 heterocycles. The Hall–Kier alpha value is -0.880. The van der Waals surface area contributed by atoms with Gasteiger partial charge in [0.05, 0.1) is 12.1 Å². The highest BCUT2D eigenvalue weighted by molar-refractivity contribution is 9.11. The minimum Gasteiger partial charge on any atom is -0.481 e. The summed E-state index contributed by atoms with van der Waals surface area (Å²) in [6, 6.07) is 5.52. The number of hydrogen-bond donors (Lipinski definition) is 2. The molecule has 21 heavy (non-hydrogen) atoms. The largest absolute Gasteiger partial charge is 0.481 e. The third kappa shape index (κ3) is 4.54. The zero-order valence-electron chi connectivity index (χ0n) is 11.5. The zero-order chi connectivity index (χ0) is 15.5. The van der Waals surface area contributed by atoms with E-state index in [-0.39, 0.29) is 24.2 Å². The van der Waals surface area contributed by atoms with Gasteiger partial charge < -0.3 is 10.4 Å². The van der Waals surface area contributed by atoms with Crippen molar-refractivity contribution in [3.63, 3.8) is 0 Å². The van der Waals surface area contributed by atoms with E-state index in [4.69, 9.17) is 5.11 Å². The third-order valence-corrected chi connectivity index (χ3v) is 5.08. The molecule has 2 rings (SSSR count). The van der Waals surface area contributed by atoms with E-state index in [0.29, 0.717) is 5.69 Å². The summed E-state index contributed by atoms with van der Waals surface area (Å²) in [5, 5.41) is 11.9. The van der Waals surface area contributed by atoms with Crippen LogP contribution < -0.4 is 5.32 Å². The average molecular weight is 419 g/mol. The van der Waals surface area contributed by atoms with Gasteiger partial charge in [0.2, 0.25) is 5.91 Å². The van der Waals surface area contributed by atoms with Crippen LogP contribution in [0.4, 0.5) is 5.69 Å². The van der Waals surface area contributed by atoms with Crippen LogP contribution in [0, 0.1) is 5.41 Å². The quantitative estimate of drug-likeness (QED) is 0.735. The Bertz CT molecular complexity index is 554. The predicted molar refractivity (Wildman–Crippen MR) is 88.2 cm³/mol. The van der Waals surface area contributed by atoms with Gasteiger partial charge in [-0.3, -0.25) is 9.59 Å². The van der Waals surface area contributed by atoms with E-state index < -0.39 is 5.97 Å². The Balaban J connectivity index is 2.04. The maximum absolute atomic E-state index is 12.3. The van der Waals surface area contributed by atoms with E-state index in [1.807, 2.05) is 18.2 Å². The molecule has 6 heteroatoms. The molecule has 1 aliphatic rings. The Morgan fingerprint density at radius 1 is 1.19 bits per heavy atom. The minimum absolute atomic E-state index is 0.0714. The molecule has 4 nitrogen and oxygen atoms in total. The molecule has 0 aliphatic heterocycles. The number of rotatable bonds is 5. The number of aliphatic carboxylic acids is 1. The normalized spacial score (nSPS) is 16.7. The number of anilines is 1. The van der Waals surface area contributed by atoms with Crippen molar-refractivity contribution < 1.29 is 14.7 Å². The van der Waals surface area contributed by atoms with Crippen LogP contribution in [-0.2, 0) is 9.59 Å². The number of carboxylic acid groups (broad SMARTS) is 1. The molecule has 0 radical (unpaired) electrons. The summed E-state index contributed by atoms with van der Waals surface area (Å²) < 4.78 is 1.72. The molecule has 0 aromatic heterocycles. The molecule has 0 bridgehead atoms. The van der Waals surface area contributed by atoms with E-state index in [9.17, 15) is 9.59 Å². The molecule has 0 unspecified atom stereocenters. The summed E-state index contributed by atoms with van der Waals surface area (Å²) in [5.41, 5.74) is 0.323. The topological polar surface area (TPSA) is 66.4 Å². The lowest BCUT2D eigenvalue weighted by atomic mass is 9.79. The van der Waals surface area contributed by atoms with Crippen molar-refractivity contribution >= 4 is 49.4 Å². The van der Waals surface area contributed by atoms with Gasteiger partial charge in [0.1, 0.15) is 0 Å². The molecule has 0 spiro atoms. The lowest BCUT2D eigenvalue weighted by Crippen LogP contribution is -2.27. The van der Waals surface area contributed by atoms with E-state index in [1.54, 1.807) is 0 Å². The Morgan fingerprint density at radius 3 is 2.43 bits per heavy atom. The second-order valence-corrected chi connectivity index (χ2v) is 7.40. The second-order valence-electron chi connectivity index (χ2n) is 5.63. The number of benzene rings is 1. The summed E-state index contributed by atoms with van der Waals surface area (Å²) in [6.07, 6.45) is 3.97. The second kappa shape index (κ2) is 6.92. The fraction of sp³-hybridized carbons (Fsp3) is 0.467. The fourth-order valence-corrected chi connectivity index (χ4v) is 4.13. The predicted octanol–water partition coefficient (Wildman–Crippen LogP) is 4.58. The van der Waals surface area contributed by atoms with E-state index in [0.717, 1.165) is 34.6 Å². The maximum atomic E-state index is 12.3. The Labute approximate surface area is 140 Å². The first-order valence-electron chi connectivity index (χ1n) is 6.87. The third-order valence-electron chi connectivity index (χ3n) is 3.93. The van der Waals surface area contributed by atoms with E-state index in [1.165, 1.54) is 0 Å². The van der Waals surface area contributed by atoms with Gasteiger partial charge in [-0.05, 0) is 52.4 Å². The van der Waals surface area contributed by atoms with Gasteiger partial charge in [-0.2, -0.15) is 0 Å². The standard InChI is InChI=1S/C15H17Br2NO3/c16-10-3-4-12(11(17)7-10)18-13(19)8-15(9-14(20)21)5-1-2-6-15/h3-4,7H,1-2,5-6,8-9H2,(H,18,19)(H,20,21). The van der Waals surface area contributed by atoms with Gasteiger partial charge in [-0.15, -0.1) is 0 Å². The highest BCUT2D eigenvalue weighted by Gasteiger charge is 2.38. The first-order valence-corrected chi connectivity index (χ1v) is 8.46. The van der Waals surface area contributed by atoms with Gasteiger partial charge in [0, 0.05) is 15.4 Å². The summed E-state index contributed by atoms with van der Waals surface area (Å²) in [5.74, 6) is -0.948. The molecule has 2 N–H and O–H groups in total. The molecule has 1 aromatic carbocycles. The number of nitrogens with one attached hydrogen (secondary N) is 1. The van der Waals surface area contributed by atoms with Crippen LogP contribution in [0.1, 0.15) is 38.5 Å². The zero-order valence-corrected chi connectivity index (χ0v) is 14.7. The Morgan fingerprint density at radius 2 is 1.86 bits per heavy atom. The van der Waals surface area contributed by atoms with Gasteiger partial charge in [-0.25, -0.2) is 0 Å². The molecular weight excluding hydrogens is 402 g/mol. The van der Waals surface area contributed by atoms with Crippen molar-refractivity contribution in [3.05, 3.63) is 27.1 Å². The van der Waals surface area contributed by atoms with Crippen LogP contribution in [-0.4, -0.2) is 17.0 Å². The fourth-order valence-electron chi connectivity index (χ4n) is 2.99. The molecule has 1 aromatic rings. The van der Waals surface area contributed by atoms with Gasteiger partial charge >= 0.3 is 5.97 Å². The molecule has 114 valence electrons. The highest BCUT2D eigenvalue weighted by Crippen LogP contribution is 2.44. The molecule has 1 aliphatic carbocycles. The Kier molecular flexibility index (Phi) is 5.43. The van der Waals surface area contributed by atoms with Crippen LogP contribution in [0.25, 0.3) is 0 Å². The molecule has 0 atom stereocenters. The van der Waals surface area contributed by atoms with Crippen molar-refractivity contribution in [1.82, 2.24) is 0 Å². The average Bonchev–Trinajstić information content (AvgIpc) is 2.80. The summed E-state index contributed by atoms with van der Waals surface area (Å²) in [7, 11) is 0. The number of halogens is 2. The van der Waals surface area contributed by atoms with Crippen LogP contribution >= 0.6 is 31.9 Å². The molecule has 1 saturated carbocycles. The monoisotopic (exact) mass is 417 g/mol. The van der Waals surface area contributed by atoms with Gasteiger partial charge in [-0.1, -0.05) is 28.8 Å². The number of carboxylic acids is 1. The number of hydrogen-bond acceptors (Lipinski definition) is 2. The summed E-state index contributed by atoms with van der Waals surface area (Å²) >= 11 is 6.76. The summed E-state index contributed by atoms with van der Waals surface area (Å²) in [4.78, 5) is 23.3. The van der Waals surface area contributed by atoms with Gasteiger partial charge in [0.25, 0.3) is 0 Å². The van der Waals surface area contributed by atoms with Crippen molar-refractivity contribution in [2.24, 2.45) is 5.41 Å². The summed E-state index contributed by atoms with van der Waals surface area (Å²) in [6.45, 7) is 0. The number of carbonyl (C=O) groups excluding carboxylic acids is 1. The van der Waals surface area contributed by atoms with Crippen molar-refractivity contribution in [3.8, 4) is 0 Å². The van der Waals surface area contributed by atoms with Gasteiger partial charge in [0.15, 0.2) is 0 Å². The molecule has 1 fully saturated rings. The minimum atomic E-state index is -0.825. The van der Waals surface area contributed by atoms with Crippen LogP contribution in [0.5, 0.6) is 0 Å². The molecular formula is C15H17Br2NO3. The SMILES string of the molecule is O=C(O)CC1(CC(=O)Nc2ccc(Br)cc2Br)CCCC1. The van der Waals surface area contributed by atoms with Crippen molar-refractivity contribution in [2.75, 3.05) is 5.32 Å².